The van der Waals surface area contributed by atoms with Gasteiger partial charge in [-0.15, -0.1) is 0 Å². The second kappa shape index (κ2) is 7.83. The van der Waals surface area contributed by atoms with Gasteiger partial charge in [0.05, 0.1) is 29.8 Å². The molecule has 4 rings (SSSR count). The fourth-order valence-corrected chi connectivity index (χ4v) is 3.70. The zero-order valence-corrected chi connectivity index (χ0v) is 16.6. The third-order valence-electron chi connectivity index (χ3n) is 4.97. The van der Waals surface area contributed by atoms with Crippen LogP contribution >= 0.6 is 0 Å². The van der Waals surface area contributed by atoms with Crippen LogP contribution in [0.15, 0.2) is 42.9 Å². The van der Waals surface area contributed by atoms with E-state index in [0.717, 1.165) is 17.2 Å². The highest BCUT2D eigenvalue weighted by Crippen LogP contribution is 2.34. The van der Waals surface area contributed by atoms with Crippen molar-refractivity contribution in [1.82, 2.24) is 15.0 Å². The van der Waals surface area contributed by atoms with Crippen LogP contribution < -0.4 is 4.90 Å². The molecule has 0 saturated carbocycles. The van der Waals surface area contributed by atoms with Crippen LogP contribution in [0.25, 0.3) is 22.5 Å². The van der Waals surface area contributed by atoms with Crippen LogP contribution in [0.5, 0.6) is 0 Å². The van der Waals surface area contributed by atoms with Crippen molar-refractivity contribution >= 4 is 5.82 Å². The number of aryl methyl sites for hydroxylation is 1. The molecule has 2 aromatic heterocycles. The van der Waals surface area contributed by atoms with E-state index < -0.39 is 11.6 Å². The highest BCUT2D eigenvalue weighted by molar-refractivity contribution is 5.80. The van der Waals surface area contributed by atoms with Crippen LogP contribution in [0.2, 0.25) is 0 Å². The van der Waals surface area contributed by atoms with Gasteiger partial charge in [0, 0.05) is 42.7 Å². The van der Waals surface area contributed by atoms with Crippen molar-refractivity contribution < 1.29 is 13.5 Å². The fraction of sp³-hybridized carbons (Fsp3) is 0.318. The number of halogens is 2. The zero-order chi connectivity index (χ0) is 20.5. The van der Waals surface area contributed by atoms with E-state index in [4.69, 9.17) is 9.72 Å². The van der Waals surface area contributed by atoms with Crippen LogP contribution in [0.3, 0.4) is 0 Å². The first kappa shape index (κ1) is 19.4. The maximum absolute atomic E-state index is 14.5. The van der Waals surface area contributed by atoms with Crippen molar-refractivity contribution in [2.24, 2.45) is 0 Å². The van der Waals surface area contributed by atoms with Crippen LogP contribution in [0, 0.1) is 18.6 Å². The first-order valence-corrected chi connectivity index (χ1v) is 9.56. The van der Waals surface area contributed by atoms with Crippen LogP contribution in [-0.2, 0) is 4.74 Å². The van der Waals surface area contributed by atoms with Crippen LogP contribution in [0.4, 0.5) is 14.6 Å². The van der Waals surface area contributed by atoms with Crippen LogP contribution in [0.1, 0.15) is 19.4 Å². The quantitative estimate of drug-likeness (QED) is 0.657. The molecule has 1 saturated heterocycles. The summed E-state index contributed by atoms with van der Waals surface area (Å²) in [6.07, 6.45) is 5.18. The van der Waals surface area contributed by atoms with Crippen molar-refractivity contribution in [3.8, 4) is 22.5 Å². The summed E-state index contributed by atoms with van der Waals surface area (Å²) in [5.41, 5.74) is 2.82. The topological polar surface area (TPSA) is 51.1 Å². The monoisotopic (exact) mass is 396 g/mol. The molecule has 150 valence electrons. The largest absolute Gasteiger partial charge is 0.372 e. The Kier molecular flexibility index (Phi) is 5.24. The minimum Gasteiger partial charge on any atom is -0.372 e. The predicted molar refractivity (Wildman–Crippen MR) is 108 cm³/mol. The Labute approximate surface area is 168 Å². The maximum atomic E-state index is 14.5. The first-order chi connectivity index (χ1) is 13.9. The molecule has 2 atom stereocenters. The average Bonchev–Trinajstić information content (AvgIpc) is 2.67. The molecule has 0 bridgehead atoms. The first-order valence-electron chi connectivity index (χ1n) is 9.56. The van der Waals surface area contributed by atoms with Crippen molar-refractivity contribution in [2.45, 2.75) is 33.0 Å². The van der Waals surface area contributed by atoms with Gasteiger partial charge in [0.15, 0.2) is 0 Å². The van der Waals surface area contributed by atoms with E-state index in [-0.39, 0.29) is 17.8 Å². The van der Waals surface area contributed by atoms with E-state index in [1.807, 2.05) is 26.8 Å². The summed E-state index contributed by atoms with van der Waals surface area (Å²) in [6, 6.07) is 5.31. The Hall–Kier alpha value is -2.93. The lowest BCUT2D eigenvalue weighted by molar-refractivity contribution is -0.00547. The second-order valence-electron chi connectivity index (χ2n) is 7.40. The summed E-state index contributed by atoms with van der Waals surface area (Å²) in [4.78, 5) is 15.7. The highest BCUT2D eigenvalue weighted by Gasteiger charge is 2.25. The summed E-state index contributed by atoms with van der Waals surface area (Å²) >= 11 is 0. The van der Waals surface area contributed by atoms with E-state index >= 15 is 0 Å². The maximum Gasteiger partial charge on any atom is 0.148 e. The van der Waals surface area contributed by atoms with E-state index in [1.165, 1.54) is 12.1 Å². The highest BCUT2D eigenvalue weighted by atomic mass is 19.1. The molecule has 0 aliphatic carbocycles. The van der Waals surface area contributed by atoms with E-state index in [1.54, 1.807) is 18.6 Å². The number of ether oxygens (including phenoxy) is 1. The van der Waals surface area contributed by atoms with Gasteiger partial charge in [0.2, 0.25) is 0 Å². The molecule has 3 aromatic rings. The van der Waals surface area contributed by atoms with Gasteiger partial charge in [0.1, 0.15) is 17.5 Å². The summed E-state index contributed by atoms with van der Waals surface area (Å²) in [7, 11) is 0. The molecule has 1 aliphatic heterocycles. The minimum atomic E-state index is -0.673. The number of morpholine rings is 1. The molecule has 3 heterocycles. The van der Waals surface area contributed by atoms with Gasteiger partial charge < -0.3 is 9.64 Å². The lowest BCUT2D eigenvalue weighted by atomic mass is 10.0. The number of nitrogens with zero attached hydrogens (tertiary/aromatic N) is 4. The SMILES string of the molecule is Cc1cnccc1-c1nc(N2CC(C)OC(C)C2)cnc1-c1ccc(F)cc1F. The fourth-order valence-electron chi connectivity index (χ4n) is 3.70. The molecule has 0 spiro atoms. The summed E-state index contributed by atoms with van der Waals surface area (Å²) in [5.74, 6) is -0.605. The Bertz CT molecular complexity index is 1030. The summed E-state index contributed by atoms with van der Waals surface area (Å²) in [5, 5.41) is 0. The lowest BCUT2D eigenvalue weighted by Crippen LogP contribution is -2.45. The number of pyridine rings is 1. The molecule has 1 fully saturated rings. The van der Waals surface area contributed by atoms with Gasteiger partial charge in [-0.3, -0.25) is 4.98 Å². The number of benzene rings is 1. The van der Waals surface area contributed by atoms with Crippen LogP contribution in [-0.4, -0.2) is 40.2 Å². The molecular formula is C22H22F2N4O. The molecule has 1 aromatic carbocycles. The van der Waals surface area contributed by atoms with Crippen molar-refractivity contribution in [2.75, 3.05) is 18.0 Å². The zero-order valence-electron chi connectivity index (χ0n) is 16.6. The molecule has 1 aliphatic rings. The Balaban J connectivity index is 1.87. The van der Waals surface area contributed by atoms with E-state index in [9.17, 15) is 8.78 Å². The van der Waals surface area contributed by atoms with E-state index in [0.29, 0.717) is 30.3 Å². The van der Waals surface area contributed by atoms with Gasteiger partial charge in [-0.2, -0.15) is 0 Å². The number of hydrogen-bond acceptors (Lipinski definition) is 5. The van der Waals surface area contributed by atoms with Crippen molar-refractivity contribution in [1.29, 1.82) is 0 Å². The Morgan fingerprint density at radius 2 is 1.76 bits per heavy atom. The molecule has 7 heteroatoms. The second-order valence-corrected chi connectivity index (χ2v) is 7.40. The lowest BCUT2D eigenvalue weighted by Gasteiger charge is -2.36. The third-order valence-corrected chi connectivity index (χ3v) is 4.97. The van der Waals surface area contributed by atoms with Gasteiger partial charge in [-0.05, 0) is 44.5 Å². The molecule has 29 heavy (non-hydrogen) atoms. The third kappa shape index (κ3) is 3.96. The molecule has 2 unspecified atom stereocenters. The van der Waals surface area contributed by atoms with Crippen molar-refractivity contribution in [3.63, 3.8) is 0 Å². The number of rotatable bonds is 3. The van der Waals surface area contributed by atoms with Gasteiger partial charge >= 0.3 is 0 Å². The molecular weight excluding hydrogens is 374 g/mol. The molecule has 0 amide bonds. The van der Waals surface area contributed by atoms with Gasteiger partial charge in [0.25, 0.3) is 0 Å². The summed E-state index contributed by atoms with van der Waals surface area (Å²) < 4.78 is 33.8. The van der Waals surface area contributed by atoms with E-state index in [2.05, 4.69) is 14.9 Å². The average molecular weight is 396 g/mol. The van der Waals surface area contributed by atoms with Gasteiger partial charge in [-0.25, -0.2) is 18.7 Å². The van der Waals surface area contributed by atoms with Crippen molar-refractivity contribution in [3.05, 3.63) is 60.1 Å². The smallest absolute Gasteiger partial charge is 0.148 e. The van der Waals surface area contributed by atoms with Gasteiger partial charge in [-0.1, -0.05) is 0 Å². The molecule has 0 radical (unpaired) electrons. The number of hydrogen-bond donors (Lipinski definition) is 0. The Morgan fingerprint density at radius 1 is 1.00 bits per heavy atom. The minimum absolute atomic E-state index is 0.0703. The normalized spacial score (nSPS) is 19.4. The predicted octanol–water partition coefficient (Wildman–Crippen LogP) is 4.41. The molecule has 5 nitrogen and oxygen atoms in total. The number of aromatic nitrogens is 3. The Morgan fingerprint density at radius 3 is 2.45 bits per heavy atom. The number of anilines is 1. The summed E-state index contributed by atoms with van der Waals surface area (Å²) in [6.45, 7) is 7.34. The standard InChI is InChI=1S/C22H22F2N4O/c1-13-9-25-7-6-17(13)22-21(18-5-4-16(23)8-19(18)24)26-10-20(27-22)28-11-14(2)29-15(3)12-28/h4-10,14-15H,11-12H2,1-3H3. The molecule has 0 N–H and O–H groups in total.